The number of anilines is 1. The number of nitrogens with two attached hydrogens (primary N) is 1. The lowest BCUT2D eigenvalue weighted by atomic mass is 10.1. The van der Waals surface area contributed by atoms with Crippen LogP contribution in [0.2, 0.25) is 5.02 Å². The Morgan fingerprint density at radius 3 is 3.06 bits per heavy atom. The van der Waals surface area contributed by atoms with Crippen LogP contribution < -0.4 is 11.3 Å². The van der Waals surface area contributed by atoms with Crippen LogP contribution >= 0.6 is 22.9 Å². The summed E-state index contributed by atoms with van der Waals surface area (Å²) in [7, 11) is 0. The summed E-state index contributed by atoms with van der Waals surface area (Å²) in [5.74, 6) is 6.79. The van der Waals surface area contributed by atoms with Crippen molar-refractivity contribution in [3.8, 4) is 10.7 Å². The lowest BCUT2D eigenvalue weighted by Gasteiger charge is -2.18. The predicted octanol–water partition coefficient (Wildman–Crippen LogP) is 2.22. The molecule has 3 heterocycles. The highest BCUT2D eigenvalue weighted by atomic mass is 35.5. The zero-order valence-electron chi connectivity index (χ0n) is 9.44. The van der Waals surface area contributed by atoms with Crippen LogP contribution in [-0.4, -0.2) is 16.6 Å². The van der Waals surface area contributed by atoms with Crippen LogP contribution in [0.1, 0.15) is 11.3 Å². The zero-order chi connectivity index (χ0) is 12.5. The van der Waals surface area contributed by atoms with Gasteiger partial charge in [0.25, 0.3) is 0 Å². The van der Waals surface area contributed by atoms with Gasteiger partial charge in [0.1, 0.15) is 5.82 Å². The first-order valence-corrected chi connectivity index (χ1v) is 6.72. The van der Waals surface area contributed by atoms with E-state index in [1.807, 2.05) is 11.4 Å². The molecule has 1 aliphatic heterocycles. The second-order valence-electron chi connectivity index (χ2n) is 3.90. The van der Waals surface area contributed by atoms with Gasteiger partial charge in [0, 0.05) is 17.4 Å². The molecule has 3 N–H and O–H groups in total. The fourth-order valence-corrected chi connectivity index (χ4v) is 2.90. The number of hydrogen-bond acceptors (Lipinski definition) is 6. The van der Waals surface area contributed by atoms with Crippen molar-refractivity contribution in [1.82, 2.24) is 9.97 Å². The fourth-order valence-electron chi connectivity index (χ4n) is 1.89. The molecule has 0 amide bonds. The highest BCUT2D eigenvalue weighted by Crippen LogP contribution is 2.30. The van der Waals surface area contributed by atoms with Gasteiger partial charge in [-0.05, 0) is 6.07 Å². The molecule has 0 unspecified atom stereocenters. The van der Waals surface area contributed by atoms with E-state index in [2.05, 4.69) is 15.4 Å². The highest BCUT2D eigenvalue weighted by molar-refractivity contribution is 7.14. The van der Waals surface area contributed by atoms with E-state index in [4.69, 9.17) is 22.2 Å². The van der Waals surface area contributed by atoms with E-state index >= 15 is 0 Å². The Bertz CT molecular complexity index is 569. The number of halogens is 1. The summed E-state index contributed by atoms with van der Waals surface area (Å²) >= 11 is 7.44. The molecule has 1 aliphatic rings. The number of rotatable bonds is 2. The summed E-state index contributed by atoms with van der Waals surface area (Å²) in [6.45, 7) is 1.18. The van der Waals surface area contributed by atoms with Crippen LogP contribution in [0.25, 0.3) is 10.7 Å². The van der Waals surface area contributed by atoms with Gasteiger partial charge in [-0.1, -0.05) is 11.6 Å². The molecule has 2 aromatic heterocycles. The molecular formula is C11H11ClN4OS. The fraction of sp³-hybridized carbons (Fsp3) is 0.273. The number of aromatic nitrogens is 2. The van der Waals surface area contributed by atoms with Crippen LogP contribution in [0.3, 0.4) is 0 Å². The molecule has 0 bridgehead atoms. The van der Waals surface area contributed by atoms with Crippen molar-refractivity contribution in [3.05, 3.63) is 27.7 Å². The molecule has 18 heavy (non-hydrogen) atoms. The van der Waals surface area contributed by atoms with Crippen LogP contribution in [-0.2, 0) is 17.8 Å². The van der Waals surface area contributed by atoms with Gasteiger partial charge in [0.05, 0.1) is 28.8 Å². The highest BCUT2D eigenvalue weighted by Gasteiger charge is 2.18. The predicted molar refractivity (Wildman–Crippen MR) is 71.5 cm³/mol. The normalized spacial score (nSPS) is 14.3. The summed E-state index contributed by atoms with van der Waals surface area (Å²) in [5, 5.41) is 2.56. The number of ether oxygens (including phenoxy) is 1. The Kier molecular flexibility index (Phi) is 3.17. The van der Waals surface area contributed by atoms with Gasteiger partial charge in [0.15, 0.2) is 5.82 Å². The summed E-state index contributed by atoms with van der Waals surface area (Å²) in [5.41, 5.74) is 4.54. The zero-order valence-corrected chi connectivity index (χ0v) is 11.0. The van der Waals surface area contributed by atoms with Gasteiger partial charge >= 0.3 is 0 Å². The minimum absolute atomic E-state index is 0.500. The monoisotopic (exact) mass is 282 g/mol. The quantitative estimate of drug-likeness (QED) is 0.653. The minimum atomic E-state index is 0.500. The Hall–Kier alpha value is -1.21. The maximum absolute atomic E-state index is 5.92. The van der Waals surface area contributed by atoms with Crippen molar-refractivity contribution in [3.63, 3.8) is 0 Å². The Balaban J connectivity index is 2.11. The van der Waals surface area contributed by atoms with Crippen molar-refractivity contribution in [2.24, 2.45) is 5.84 Å². The molecule has 0 aliphatic carbocycles. The number of hydrazine groups is 1. The first kappa shape index (κ1) is 11.9. The second-order valence-corrected chi connectivity index (χ2v) is 5.24. The van der Waals surface area contributed by atoms with Crippen molar-refractivity contribution in [1.29, 1.82) is 0 Å². The molecule has 3 rings (SSSR count). The van der Waals surface area contributed by atoms with E-state index < -0.39 is 0 Å². The number of nitrogens with zero attached hydrogens (tertiary/aromatic N) is 2. The van der Waals surface area contributed by atoms with Crippen molar-refractivity contribution in [2.45, 2.75) is 13.0 Å². The summed E-state index contributed by atoms with van der Waals surface area (Å²) in [4.78, 5) is 9.92. The lowest BCUT2D eigenvalue weighted by molar-refractivity contribution is 0.109. The van der Waals surface area contributed by atoms with Gasteiger partial charge in [-0.25, -0.2) is 15.8 Å². The van der Waals surface area contributed by atoms with Crippen LogP contribution in [0.5, 0.6) is 0 Å². The smallest absolute Gasteiger partial charge is 0.171 e. The summed E-state index contributed by atoms with van der Waals surface area (Å²) < 4.78 is 5.39. The number of nitrogen functional groups attached to an aromatic ring is 1. The van der Waals surface area contributed by atoms with Gasteiger partial charge in [-0.3, -0.25) is 0 Å². The molecule has 94 valence electrons. The van der Waals surface area contributed by atoms with E-state index in [1.165, 1.54) is 11.3 Å². The third-order valence-electron chi connectivity index (χ3n) is 2.75. The van der Waals surface area contributed by atoms with E-state index in [-0.39, 0.29) is 0 Å². The first-order chi connectivity index (χ1) is 8.78. The van der Waals surface area contributed by atoms with Gasteiger partial charge in [-0.2, -0.15) is 0 Å². The molecule has 2 aromatic rings. The van der Waals surface area contributed by atoms with Gasteiger partial charge < -0.3 is 10.2 Å². The van der Waals surface area contributed by atoms with Crippen molar-refractivity contribution >= 4 is 28.8 Å². The third-order valence-corrected chi connectivity index (χ3v) is 4.02. The molecule has 5 nitrogen and oxygen atoms in total. The SMILES string of the molecule is NNc1nc(-c2cc(Cl)cs2)nc2c1COCC2. The average molecular weight is 283 g/mol. The van der Waals surface area contributed by atoms with Crippen LogP contribution in [0.15, 0.2) is 11.4 Å². The third kappa shape index (κ3) is 2.08. The first-order valence-electron chi connectivity index (χ1n) is 5.46. The van der Waals surface area contributed by atoms with Gasteiger partial charge in [-0.15, -0.1) is 11.3 Å². The maximum Gasteiger partial charge on any atom is 0.171 e. The topological polar surface area (TPSA) is 73.1 Å². The number of hydrogen-bond donors (Lipinski definition) is 2. The number of thiophene rings is 1. The van der Waals surface area contributed by atoms with E-state index in [9.17, 15) is 0 Å². The number of nitrogens with one attached hydrogen (secondary N) is 1. The Labute approximate surface area is 113 Å². The molecule has 0 spiro atoms. The molecule has 0 fully saturated rings. The molecule has 0 aromatic carbocycles. The average Bonchev–Trinajstić information content (AvgIpc) is 2.84. The second kappa shape index (κ2) is 4.81. The molecule has 0 saturated carbocycles. The Morgan fingerprint density at radius 1 is 1.44 bits per heavy atom. The Morgan fingerprint density at radius 2 is 2.33 bits per heavy atom. The largest absolute Gasteiger partial charge is 0.376 e. The van der Waals surface area contributed by atoms with Crippen molar-refractivity contribution in [2.75, 3.05) is 12.0 Å². The van der Waals surface area contributed by atoms with E-state index in [0.717, 1.165) is 22.6 Å². The molecule has 0 radical (unpaired) electrons. The molecule has 0 saturated heterocycles. The maximum atomic E-state index is 5.92. The van der Waals surface area contributed by atoms with E-state index in [1.54, 1.807) is 0 Å². The molecular weight excluding hydrogens is 272 g/mol. The van der Waals surface area contributed by atoms with Crippen LogP contribution in [0, 0.1) is 0 Å². The molecule has 0 atom stereocenters. The summed E-state index contributed by atoms with van der Waals surface area (Å²) in [6.07, 6.45) is 0.776. The van der Waals surface area contributed by atoms with Crippen molar-refractivity contribution < 1.29 is 4.74 Å². The van der Waals surface area contributed by atoms with Gasteiger partial charge in [0.2, 0.25) is 0 Å². The van der Waals surface area contributed by atoms with Crippen LogP contribution in [0.4, 0.5) is 5.82 Å². The lowest BCUT2D eigenvalue weighted by Crippen LogP contribution is -2.19. The molecule has 7 heteroatoms. The van der Waals surface area contributed by atoms with E-state index in [0.29, 0.717) is 29.9 Å². The minimum Gasteiger partial charge on any atom is -0.376 e. The standard InChI is InChI=1S/C11H11ClN4OS/c12-6-3-9(18-5-6)11-14-8-1-2-17-4-7(8)10(15-11)16-13/h3,5H,1-2,4,13H2,(H,14,15,16). The summed E-state index contributed by atoms with van der Waals surface area (Å²) in [6, 6.07) is 1.85. The number of fused-ring (bicyclic) bond motifs is 1.